The molecule has 1 aliphatic heterocycles. The lowest BCUT2D eigenvalue weighted by atomic mass is 9.83. The van der Waals surface area contributed by atoms with Gasteiger partial charge in [0.05, 0.1) is 5.41 Å². The molecule has 0 saturated carbocycles. The number of rotatable bonds is 3. The predicted octanol–water partition coefficient (Wildman–Crippen LogP) is 3.60. The van der Waals surface area contributed by atoms with Crippen molar-refractivity contribution in [3.63, 3.8) is 0 Å². The Balaban J connectivity index is 2.24. The Morgan fingerprint density at radius 1 is 1.37 bits per heavy atom. The highest BCUT2D eigenvalue weighted by atomic mass is 79.9. The molecule has 1 aliphatic rings. The quantitative estimate of drug-likeness (QED) is 0.778. The van der Waals surface area contributed by atoms with Crippen molar-refractivity contribution < 1.29 is 4.79 Å². The average molecular weight is 324 g/mol. The first-order valence-corrected chi connectivity index (χ1v) is 8.03. The highest BCUT2D eigenvalue weighted by Gasteiger charge is 2.40. The molecular weight excluding hydrogens is 302 g/mol. The summed E-state index contributed by atoms with van der Waals surface area (Å²) in [6, 6.07) is 10.4. The smallest absolute Gasteiger partial charge is 0.232 e. The van der Waals surface area contributed by atoms with Crippen LogP contribution in [0.3, 0.4) is 0 Å². The van der Waals surface area contributed by atoms with Gasteiger partial charge in [0, 0.05) is 17.9 Å². The molecule has 1 amide bonds. The lowest BCUT2D eigenvalue weighted by Gasteiger charge is -2.33. The number of alkyl halides is 1. The zero-order chi connectivity index (χ0) is 14.0. The van der Waals surface area contributed by atoms with Crippen molar-refractivity contribution >= 4 is 21.8 Å². The van der Waals surface area contributed by atoms with Crippen LogP contribution in [0.25, 0.3) is 0 Å². The van der Waals surface area contributed by atoms with Crippen molar-refractivity contribution in [1.29, 1.82) is 0 Å². The van der Waals surface area contributed by atoms with E-state index in [4.69, 9.17) is 0 Å². The first-order valence-electron chi connectivity index (χ1n) is 6.91. The number of halogens is 1. The van der Waals surface area contributed by atoms with Crippen molar-refractivity contribution in [3.05, 3.63) is 35.9 Å². The zero-order valence-corrected chi connectivity index (χ0v) is 13.5. The third-order valence-corrected chi connectivity index (χ3v) is 5.00. The van der Waals surface area contributed by atoms with E-state index in [9.17, 15) is 4.79 Å². The van der Waals surface area contributed by atoms with Gasteiger partial charge in [0.25, 0.3) is 0 Å². The molecule has 1 aromatic rings. The van der Waals surface area contributed by atoms with Crippen LogP contribution in [0.1, 0.15) is 32.8 Å². The maximum Gasteiger partial charge on any atom is 0.232 e. The Morgan fingerprint density at radius 3 is 2.58 bits per heavy atom. The lowest BCUT2D eigenvalue weighted by Crippen LogP contribution is -2.47. The van der Waals surface area contributed by atoms with Crippen LogP contribution in [0, 0.1) is 5.92 Å². The molecule has 3 heteroatoms. The first kappa shape index (κ1) is 14.6. The van der Waals surface area contributed by atoms with Gasteiger partial charge in [-0.05, 0) is 31.7 Å². The number of hydrogen-bond acceptors (Lipinski definition) is 1. The highest BCUT2D eigenvalue weighted by Crippen LogP contribution is 2.32. The van der Waals surface area contributed by atoms with E-state index in [1.165, 1.54) is 0 Å². The van der Waals surface area contributed by atoms with Gasteiger partial charge in [0.1, 0.15) is 0 Å². The largest absolute Gasteiger partial charge is 0.338 e. The summed E-state index contributed by atoms with van der Waals surface area (Å²) in [5.41, 5.74) is 0.638. The zero-order valence-electron chi connectivity index (χ0n) is 11.9. The first-order chi connectivity index (χ1) is 8.98. The van der Waals surface area contributed by atoms with E-state index in [0.717, 1.165) is 23.9 Å². The van der Waals surface area contributed by atoms with E-state index in [1.54, 1.807) is 0 Å². The number of nitrogens with zero attached hydrogens (tertiary/aromatic N) is 1. The standard InChI is InChI=1S/C16H22BrNO/c1-12-9-10-18(14(12)11-17)15(19)16(2,3)13-7-5-4-6-8-13/h4-8,12,14H,9-11H2,1-3H3. The molecule has 104 valence electrons. The fourth-order valence-corrected chi connectivity index (χ4v) is 3.82. The topological polar surface area (TPSA) is 20.3 Å². The van der Waals surface area contributed by atoms with Crippen LogP contribution in [-0.4, -0.2) is 28.7 Å². The summed E-state index contributed by atoms with van der Waals surface area (Å²) in [7, 11) is 0. The number of benzene rings is 1. The fraction of sp³-hybridized carbons (Fsp3) is 0.562. The van der Waals surface area contributed by atoms with Gasteiger partial charge in [-0.15, -0.1) is 0 Å². The van der Waals surface area contributed by atoms with Crippen LogP contribution in [-0.2, 0) is 10.2 Å². The molecular formula is C16H22BrNO. The van der Waals surface area contributed by atoms with Gasteiger partial charge in [-0.2, -0.15) is 0 Å². The average Bonchev–Trinajstić information content (AvgIpc) is 2.79. The molecule has 0 aromatic heterocycles. The van der Waals surface area contributed by atoms with Crippen molar-refractivity contribution in [2.24, 2.45) is 5.92 Å². The molecule has 1 aromatic carbocycles. The van der Waals surface area contributed by atoms with Gasteiger partial charge in [-0.25, -0.2) is 0 Å². The van der Waals surface area contributed by atoms with Crippen LogP contribution < -0.4 is 0 Å². The third kappa shape index (κ3) is 2.71. The summed E-state index contributed by atoms with van der Waals surface area (Å²) < 4.78 is 0. The van der Waals surface area contributed by atoms with Gasteiger partial charge in [0.2, 0.25) is 5.91 Å². The van der Waals surface area contributed by atoms with E-state index < -0.39 is 5.41 Å². The van der Waals surface area contributed by atoms with Crippen molar-refractivity contribution in [1.82, 2.24) is 4.90 Å². The summed E-state index contributed by atoms with van der Waals surface area (Å²) in [5, 5.41) is 0.866. The van der Waals surface area contributed by atoms with E-state index in [-0.39, 0.29) is 5.91 Å². The summed E-state index contributed by atoms with van der Waals surface area (Å²) in [5.74, 6) is 0.822. The number of likely N-dealkylation sites (tertiary alicyclic amines) is 1. The predicted molar refractivity (Wildman–Crippen MR) is 82.5 cm³/mol. The van der Waals surface area contributed by atoms with Crippen LogP contribution >= 0.6 is 15.9 Å². The Kier molecular flexibility index (Phi) is 4.34. The molecule has 1 fully saturated rings. The molecule has 0 N–H and O–H groups in total. The number of amides is 1. The monoisotopic (exact) mass is 323 g/mol. The number of carbonyl (C=O) groups excluding carboxylic acids is 1. The highest BCUT2D eigenvalue weighted by molar-refractivity contribution is 9.09. The molecule has 1 saturated heterocycles. The minimum absolute atomic E-state index is 0.243. The van der Waals surface area contributed by atoms with Gasteiger partial charge >= 0.3 is 0 Å². The van der Waals surface area contributed by atoms with Crippen molar-refractivity contribution in [2.75, 3.05) is 11.9 Å². The maximum atomic E-state index is 12.9. The fourth-order valence-electron chi connectivity index (χ4n) is 2.83. The molecule has 19 heavy (non-hydrogen) atoms. The normalized spacial score (nSPS) is 23.7. The second-order valence-corrected chi connectivity index (χ2v) is 6.62. The molecule has 1 heterocycles. The van der Waals surface area contributed by atoms with Crippen molar-refractivity contribution in [3.8, 4) is 0 Å². The van der Waals surface area contributed by atoms with Crippen LogP contribution in [0.5, 0.6) is 0 Å². The molecule has 0 aliphatic carbocycles. The van der Waals surface area contributed by atoms with Gasteiger partial charge in [-0.3, -0.25) is 4.79 Å². The maximum absolute atomic E-state index is 12.9. The summed E-state index contributed by atoms with van der Waals surface area (Å²) >= 11 is 3.55. The molecule has 2 rings (SSSR count). The van der Waals surface area contributed by atoms with Crippen LogP contribution in [0.2, 0.25) is 0 Å². The van der Waals surface area contributed by atoms with E-state index >= 15 is 0 Å². The second-order valence-electron chi connectivity index (χ2n) is 5.98. The molecule has 2 unspecified atom stereocenters. The second kappa shape index (κ2) is 5.66. The third-order valence-electron chi connectivity index (χ3n) is 4.33. The Hall–Kier alpha value is -0.830. The van der Waals surface area contributed by atoms with Crippen LogP contribution in [0.4, 0.5) is 0 Å². The summed E-state index contributed by atoms with van der Waals surface area (Å²) in [4.78, 5) is 14.9. The molecule has 2 nitrogen and oxygen atoms in total. The van der Waals surface area contributed by atoms with Crippen molar-refractivity contribution in [2.45, 2.75) is 38.6 Å². The minimum Gasteiger partial charge on any atom is -0.338 e. The Morgan fingerprint density at radius 2 is 2.00 bits per heavy atom. The van der Waals surface area contributed by atoms with Gasteiger partial charge in [-0.1, -0.05) is 53.2 Å². The van der Waals surface area contributed by atoms with Gasteiger partial charge < -0.3 is 4.90 Å². The van der Waals surface area contributed by atoms with E-state index in [2.05, 4.69) is 27.8 Å². The minimum atomic E-state index is -0.453. The molecule has 0 radical (unpaired) electrons. The molecule has 0 spiro atoms. The van der Waals surface area contributed by atoms with E-state index in [0.29, 0.717) is 12.0 Å². The molecule has 2 atom stereocenters. The van der Waals surface area contributed by atoms with E-state index in [1.807, 2.05) is 44.2 Å². The number of carbonyl (C=O) groups is 1. The summed E-state index contributed by atoms with van der Waals surface area (Å²) in [6.45, 7) is 7.17. The lowest BCUT2D eigenvalue weighted by molar-refractivity contribution is -0.137. The number of hydrogen-bond donors (Lipinski definition) is 0. The SMILES string of the molecule is CC1CCN(C(=O)C(C)(C)c2ccccc2)C1CBr. The Bertz CT molecular complexity index is 443. The van der Waals surface area contributed by atoms with Crippen LogP contribution in [0.15, 0.2) is 30.3 Å². The summed E-state index contributed by atoms with van der Waals surface area (Å²) in [6.07, 6.45) is 1.10. The Labute approximate surface area is 124 Å². The molecule has 0 bridgehead atoms. The van der Waals surface area contributed by atoms with Gasteiger partial charge in [0.15, 0.2) is 0 Å².